The zero-order valence-corrected chi connectivity index (χ0v) is 18.8. The molecule has 0 spiro atoms. The van der Waals surface area contributed by atoms with E-state index in [1.807, 2.05) is 12.1 Å². The summed E-state index contributed by atoms with van der Waals surface area (Å²) < 4.78 is 11.5. The maximum atomic E-state index is 12.6. The molecule has 30 heavy (non-hydrogen) atoms. The van der Waals surface area contributed by atoms with E-state index in [-0.39, 0.29) is 23.6 Å². The maximum absolute atomic E-state index is 12.6. The lowest BCUT2D eigenvalue weighted by molar-refractivity contribution is -0.127. The van der Waals surface area contributed by atoms with Crippen LogP contribution in [0.1, 0.15) is 30.9 Å². The second-order valence-electron chi connectivity index (χ2n) is 8.82. The van der Waals surface area contributed by atoms with Gasteiger partial charge in [0.25, 0.3) is 0 Å². The molecule has 2 heterocycles. The second-order valence-corrected chi connectivity index (χ2v) is 8.82. The summed E-state index contributed by atoms with van der Waals surface area (Å²) in [5.74, 6) is 0.820. The number of carbonyl (C=O) groups is 2. The van der Waals surface area contributed by atoms with Gasteiger partial charge in [0, 0.05) is 50.1 Å². The number of nitrogens with zero attached hydrogens (tertiary/aromatic N) is 2. The number of piperazine rings is 1. The standard InChI is InChI=1S/C22H31N3O4.ClH/c1-15-4-5-18-16(14-15)22(2)7-6-17(26)19(20(22)29-18)23-21(27)28-13-12-25-10-8-24(3)9-11-25;/h4-5,14,19-20H,6-13H2,1-3H3,(H,23,27);1H/t19-,20-,22-;/m0./s1. The lowest BCUT2D eigenvalue weighted by Crippen LogP contribution is -2.59. The molecule has 0 unspecified atom stereocenters. The van der Waals surface area contributed by atoms with Crippen molar-refractivity contribution in [2.24, 2.45) is 0 Å². The van der Waals surface area contributed by atoms with Crippen LogP contribution in [0.3, 0.4) is 0 Å². The fourth-order valence-electron chi connectivity index (χ4n) is 4.70. The van der Waals surface area contributed by atoms with E-state index in [1.165, 1.54) is 5.56 Å². The van der Waals surface area contributed by atoms with Gasteiger partial charge in [0.15, 0.2) is 5.78 Å². The smallest absolute Gasteiger partial charge is 0.407 e. The number of likely N-dealkylation sites (N-methyl/N-ethyl adjacent to an activating group) is 1. The largest absolute Gasteiger partial charge is 0.487 e. The number of benzene rings is 1. The number of amides is 1. The number of hydrogen-bond donors (Lipinski definition) is 1. The molecule has 0 aromatic heterocycles. The Hall–Kier alpha value is -1.83. The number of Topliss-reactive ketones (excluding diaryl/α,β-unsaturated/α-hetero) is 1. The van der Waals surface area contributed by atoms with E-state index in [0.29, 0.717) is 19.6 Å². The molecule has 8 heteroatoms. The summed E-state index contributed by atoms with van der Waals surface area (Å²) in [6, 6.07) is 5.43. The summed E-state index contributed by atoms with van der Waals surface area (Å²) >= 11 is 0. The second kappa shape index (κ2) is 9.12. The van der Waals surface area contributed by atoms with Crippen LogP contribution in [0.2, 0.25) is 0 Å². The van der Waals surface area contributed by atoms with Gasteiger partial charge in [0.1, 0.15) is 24.5 Å². The zero-order valence-electron chi connectivity index (χ0n) is 18.0. The summed E-state index contributed by atoms with van der Waals surface area (Å²) in [5.41, 5.74) is 2.01. The van der Waals surface area contributed by atoms with Crippen LogP contribution in [0.25, 0.3) is 0 Å². The van der Waals surface area contributed by atoms with E-state index in [0.717, 1.165) is 43.9 Å². The number of carbonyl (C=O) groups excluding carboxylic acids is 2. The van der Waals surface area contributed by atoms with Crippen LogP contribution in [0, 0.1) is 6.92 Å². The molecule has 3 atom stereocenters. The number of fused-ring (bicyclic) bond motifs is 3. The quantitative estimate of drug-likeness (QED) is 0.778. The van der Waals surface area contributed by atoms with E-state index >= 15 is 0 Å². The predicted molar refractivity (Wildman–Crippen MR) is 117 cm³/mol. The monoisotopic (exact) mass is 437 g/mol. The average Bonchev–Trinajstić information content (AvgIpc) is 2.99. The third-order valence-corrected chi connectivity index (χ3v) is 6.68. The minimum atomic E-state index is -0.683. The molecule has 1 saturated carbocycles. The van der Waals surface area contributed by atoms with Crippen molar-refractivity contribution in [3.05, 3.63) is 29.3 Å². The molecule has 2 fully saturated rings. The Balaban J connectivity index is 0.00000256. The van der Waals surface area contributed by atoms with Crippen molar-refractivity contribution in [1.29, 1.82) is 0 Å². The number of rotatable bonds is 4. The van der Waals surface area contributed by atoms with Gasteiger partial charge in [-0.05, 0) is 26.5 Å². The minimum absolute atomic E-state index is 0. The molecule has 1 saturated heterocycles. The average molecular weight is 438 g/mol. The van der Waals surface area contributed by atoms with E-state index < -0.39 is 18.2 Å². The molecule has 1 aromatic carbocycles. The molecular weight excluding hydrogens is 406 g/mol. The summed E-state index contributed by atoms with van der Waals surface area (Å²) in [5, 5.41) is 2.80. The molecule has 1 aromatic rings. The lowest BCUT2D eigenvalue weighted by Gasteiger charge is -2.39. The van der Waals surface area contributed by atoms with Crippen LogP contribution < -0.4 is 10.1 Å². The molecule has 4 rings (SSSR count). The first-order valence-electron chi connectivity index (χ1n) is 10.5. The fourth-order valence-corrected chi connectivity index (χ4v) is 4.70. The summed E-state index contributed by atoms with van der Waals surface area (Å²) in [4.78, 5) is 29.6. The molecular formula is C22H32ClN3O4. The highest BCUT2D eigenvalue weighted by Gasteiger charge is 2.54. The Bertz CT molecular complexity index is 797. The highest BCUT2D eigenvalue weighted by atomic mass is 35.5. The molecule has 7 nitrogen and oxygen atoms in total. The van der Waals surface area contributed by atoms with Gasteiger partial charge in [-0.1, -0.05) is 24.6 Å². The number of hydrogen-bond acceptors (Lipinski definition) is 6. The van der Waals surface area contributed by atoms with Crippen molar-refractivity contribution in [3.8, 4) is 5.75 Å². The van der Waals surface area contributed by atoms with Crippen LogP contribution >= 0.6 is 12.4 Å². The van der Waals surface area contributed by atoms with Crippen LogP contribution in [0.15, 0.2) is 18.2 Å². The van der Waals surface area contributed by atoms with Crippen molar-refractivity contribution in [2.75, 3.05) is 46.4 Å². The zero-order chi connectivity index (χ0) is 20.6. The van der Waals surface area contributed by atoms with Gasteiger partial charge in [0.2, 0.25) is 0 Å². The van der Waals surface area contributed by atoms with Crippen LogP contribution in [0.4, 0.5) is 4.79 Å². The van der Waals surface area contributed by atoms with Gasteiger partial charge in [-0.2, -0.15) is 0 Å². The Labute approximate surface area is 184 Å². The molecule has 0 bridgehead atoms. The summed E-state index contributed by atoms with van der Waals surface area (Å²) in [7, 11) is 2.11. The van der Waals surface area contributed by atoms with Gasteiger partial charge in [-0.3, -0.25) is 9.69 Å². The predicted octanol–water partition coefficient (Wildman–Crippen LogP) is 2.14. The third-order valence-electron chi connectivity index (χ3n) is 6.68. The van der Waals surface area contributed by atoms with Crippen molar-refractivity contribution in [3.63, 3.8) is 0 Å². The number of ketones is 1. The van der Waals surface area contributed by atoms with E-state index in [4.69, 9.17) is 9.47 Å². The molecule has 1 aliphatic carbocycles. The Kier molecular flexibility index (Phi) is 6.95. The van der Waals surface area contributed by atoms with E-state index in [9.17, 15) is 9.59 Å². The van der Waals surface area contributed by atoms with Gasteiger partial charge < -0.3 is 19.7 Å². The fraction of sp³-hybridized carbons (Fsp3) is 0.636. The maximum Gasteiger partial charge on any atom is 0.407 e. The van der Waals surface area contributed by atoms with E-state index in [1.54, 1.807) is 0 Å². The van der Waals surface area contributed by atoms with E-state index in [2.05, 4.69) is 42.1 Å². The highest BCUT2D eigenvalue weighted by Crippen LogP contribution is 2.49. The first-order chi connectivity index (χ1) is 13.9. The topological polar surface area (TPSA) is 71.1 Å². The van der Waals surface area contributed by atoms with Crippen molar-refractivity contribution < 1.29 is 19.1 Å². The van der Waals surface area contributed by atoms with Crippen LogP contribution in [-0.2, 0) is 14.9 Å². The highest BCUT2D eigenvalue weighted by molar-refractivity contribution is 5.90. The van der Waals surface area contributed by atoms with Crippen molar-refractivity contribution >= 4 is 24.3 Å². The van der Waals surface area contributed by atoms with Crippen molar-refractivity contribution in [1.82, 2.24) is 15.1 Å². The number of alkyl carbamates (subject to hydrolysis) is 1. The summed E-state index contributed by atoms with van der Waals surface area (Å²) in [6.07, 6.45) is 0.211. The molecule has 3 aliphatic rings. The molecule has 2 aliphatic heterocycles. The number of ether oxygens (including phenoxy) is 2. The van der Waals surface area contributed by atoms with Crippen LogP contribution in [-0.4, -0.2) is 80.2 Å². The van der Waals surface area contributed by atoms with Gasteiger partial charge in [-0.25, -0.2) is 4.79 Å². The number of nitrogens with one attached hydrogen (secondary N) is 1. The lowest BCUT2D eigenvalue weighted by atomic mass is 9.67. The third kappa shape index (κ3) is 4.43. The van der Waals surface area contributed by atoms with Crippen LogP contribution in [0.5, 0.6) is 5.75 Å². The molecule has 1 N–H and O–H groups in total. The van der Waals surface area contributed by atoms with Gasteiger partial charge >= 0.3 is 6.09 Å². The van der Waals surface area contributed by atoms with Crippen molar-refractivity contribution in [2.45, 2.75) is 44.2 Å². The normalized spacial score (nSPS) is 28.7. The molecule has 166 valence electrons. The summed E-state index contributed by atoms with van der Waals surface area (Å²) in [6.45, 7) is 9.23. The SMILES string of the molecule is Cc1ccc2c(c1)[C@]1(C)CCC(=O)[C@H](NC(=O)OCCN3CCN(C)CC3)[C@@H]1O2.Cl. The Morgan fingerprint density at radius 1 is 1.30 bits per heavy atom. The number of halogens is 1. The molecule has 0 radical (unpaired) electrons. The Morgan fingerprint density at radius 2 is 2.03 bits per heavy atom. The minimum Gasteiger partial charge on any atom is -0.487 e. The van der Waals surface area contributed by atoms with Gasteiger partial charge in [-0.15, -0.1) is 12.4 Å². The van der Waals surface area contributed by atoms with Gasteiger partial charge in [0.05, 0.1) is 0 Å². The first kappa shape index (κ1) is 22.8. The number of aryl methyl sites for hydroxylation is 1. The first-order valence-corrected chi connectivity index (χ1v) is 10.5. The Morgan fingerprint density at radius 3 is 2.77 bits per heavy atom. The molecule has 1 amide bonds.